The van der Waals surface area contributed by atoms with Crippen molar-refractivity contribution in [3.8, 4) is 0 Å². The SMILES string of the molecule is Clc1ccc(C2C=C3C=CNC=C3S2)cc1. The number of halogens is 1. The quantitative estimate of drug-likeness (QED) is 0.805. The highest BCUT2D eigenvalue weighted by molar-refractivity contribution is 8.04. The minimum atomic E-state index is 0.406. The third-order valence-electron chi connectivity index (χ3n) is 2.64. The molecule has 0 saturated carbocycles. The number of dihydropyridines is 1. The lowest BCUT2D eigenvalue weighted by Crippen LogP contribution is -1.98. The topological polar surface area (TPSA) is 12.0 Å². The van der Waals surface area contributed by atoms with Gasteiger partial charge in [0.05, 0.1) is 5.25 Å². The summed E-state index contributed by atoms with van der Waals surface area (Å²) in [4.78, 5) is 1.31. The van der Waals surface area contributed by atoms with Crippen molar-refractivity contribution in [2.24, 2.45) is 0 Å². The van der Waals surface area contributed by atoms with Gasteiger partial charge >= 0.3 is 0 Å². The fourth-order valence-electron chi connectivity index (χ4n) is 1.82. The van der Waals surface area contributed by atoms with E-state index >= 15 is 0 Å². The predicted molar refractivity (Wildman–Crippen MR) is 70.2 cm³/mol. The van der Waals surface area contributed by atoms with E-state index in [1.807, 2.05) is 36.3 Å². The standard InChI is InChI=1S/C13H10ClNS/c14-11-3-1-9(2-4-11)12-7-10-5-6-15-8-13(10)16-12/h1-8,12,15H. The fourth-order valence-corrected chi connectivity index (χ4v) is 3.13. The molecule has 3 rings (SSSR count). The van der Waals surface area contributed by atoms with Crippen molar-refractivity contribution < 1.29 is 0 Å². The predicted octanol–water partition coefficient (Wildman–Crippen LogP) is 4.01. The Morgan fingerprint density at radius 3 is 2.75 bits per heavy atom. The number of nitrogens with one attached hydrogen (secondary N) is 1. The van der Waals surface area contributed by atoms with Gasteiger partial charge in [-0.3, -0.25) is 0 Å². The van der Waals surface area contributed by atoms with Gasteiger partial charge in [0.2, 0.25) is 0 Å². The van der Waals surface area contributed by atoms with Gasteiger partial charge in [-0.25, -0.2) is 0 Å². The maximum atomic E-state index is 5.89. The van der Waals surface area contributed by atoms with E-state index in [2.05, 4.69) is 29.6 Å². The van der Waals surface area contributed by atoms with Gasteiger partial charge < -0.3 is 5.32 Å². The molecule has 0 bridgehead atoms. The lowest BCUT2D eigenvalue weighted by molar-refractivity contribution is 1.16. The average Bonchev–Trinajstić information content (AvgIpc) is 2.73. The maximum absolute atomic E-state index is 5.89. The van der Waals surface area contributed by atoms with E-state index in [4.69, 9.17) is 11.6 Å². The molecule has 2 aliphatic heterocycles. The lowest BCUT2D eigenvalue weighted by Gasteiger charge is -2.08. The number of benzene rings is 1. The molecule has 80 valence electrons. The largest absolute Gasteiger partial charge is 0.367 e. The molecule has 0 fully saturated rings. The molecule has 2 aliphatic rings. The van der Waals surface area contributed by atoms with Crippen LogP contribution < -0.4 is 5.32 Å². The molecule has 1 atom stereocenters. The second kappa shape index (κ2) is 4.04. The van der Waals surface area contributed by atoms with Gasteiger partial charge in [0.15, 0.2) is 0 Å². The van der Waals surface area contributed by atoms with Crippen molar-refractivity contribution in [1.29, 1.82) is 0 Å². The van der Waals surface area contributed by atoms with Crippen LogP contribution in [0.25, 0.3) is 0 Å². The van der Waals surface area contributed by atoms with Crippen molar-refractivity contribution in [3.05, 3.63) is 69.9 Å². The van der Waals surface area contributed by atoms with Crippen molar-refractivity contribution in [2.75, 3.05) is 0 Å². The van der Waals surface area contributed by atoms with Crippen molar-refractivity contribution in [2.45, 2.75) is 5.25 Å². The Bertz CT molecular complexity index is 499. The van der Waals surface area contributed by atoms with Gasteiger partial charge in [-0.2, -0.15) is 0 Å². The van der Waals surface area contributed by atoms with Crippen LogP contribution in [0.15, 0.2) is 59.3 Å². The number of hydrogen-bond acceptors (Lipinski definition) is 2. The first-order valence-electron chi connectivity index (χ1n) is 5.10. The van der Waals surface area contributed by atoms with Crippen molar-refractivity contribution in [3.63, 3.8) is 0 Å². The number of rotatable bonds is 1. The lowest BCUT2D eigenvalue weighted by atomic mass is 10.1. The van der Waals surface area contributed by atoms with Crippen LogP contribution in [0.3, 0.4) is 0 Å². The van der Waals surface area contributed by atoms with Crippen LogP contribution >= 0.6 is 23.4 Å². The Morgan fingerprint density at radius 2 is 2.00 bits per heavy atom. The number of hydrogen-bond donors (Lipinski definition) is 1. The van der Waals surface area contributed by atoms with Crippen LogP contribution in [0, 0.1) is 0 Å². The average molecular weight is 248 g/mol. The molecule has 1 aromatic carbocycles. The molecule has 3 heteroatoms. The molecule has 16 heavy (non-hydrogen) atoms. The van der Waals surface area contributed by atoms with Gasteiger partial charge in [0, 0.05) is 22.3 Å². The van der Waals surface area contributed by atoms with Crippen LogP contribution in [-0.2, 0) is 0 Å². The number of thioether (sulfide) groups is 1. The van der Waals surface area contributed by atoms with E-state index in [1.165, 1.54) is 16.0 Å². The van der Waals surface area contributed by atoms with Gasteiger partial charge in [-0.05, 0) is 29.3 Å². The molecule has 0 aliphatic carbocycles. The minimum absolute atomic E-state index is 0.406. The van der Waals surface area contributed by atoms with Gasteiger partial charge in [0.1, 0.15) is 0 Å². The van der Waals surface area contributed by atoms with E-state index in [0.29, 0.717) is 5.25 Å². The Labute approximate surface area is 104 Å². The first-order valence-corrected chi connectivity index (χ1v) is 6.36. The monoisotopic (exact) mass is 247 g/mol. The van der Waals surface area contributed by atoms with Crippen LogP contribution in [0.4, 0.5) is 0 Å². The molecule has 1 nitrogen and oxygen atoms in total. The second-order valence-corrected chi connectivity index (χ2v) is 5.34. The highest BCUT2D eigenvalue weighted by Gasteiger charge is 2.22. The zero-order valence-electron chi connectivity index (χ0n) is 8.48. The Kier molecular flexibility index (Phi) is 2.54. The Morgan fingerprint density at radius 1 is 1.19 bits per heavy atom. The summed E-state index contributed by atoms with van der Waals surface area (Å²) in [6.45, 7) is 0. The summed E-state index contributed by atoms with van der Waals surface area (Å²) < 4.78 is 0. The summed E-state index contributed by atoms with van der Waals surface area (Å²) in [5.41, 5.74) is 2.61. The Balaban J connectivity index is 1.91. The van der Waals surface area contributed by atoms with Crippen LogP contribution in [0.5, 0.6) is 0 Å². The maximum Gasteiger partial charge on any atom is 0.0534 e. The van der Waals surface area contributed by atoms with Crippen molar-refractivity contribution >= 4 is 23.4 Å². The molecule has 0 amide bonds. The molecule has 1 unspecified atom stereocenters. The van der Waals surface area contributed by atoms with Crippen LogP contribution in [-0.4, -0.2) is 0 Å². The zero-order valence-corrected chi connectivity index (χ0v) is 10.1. The zero-order chi connectivity index (χ0) is 11.0. The summed E-state index contributed by atoms with van der Waals surface area (Å²) in [7, 11) is 0. The van der Waals surface area contributed by atoms with E-state index in [0.717, 1.165) is 5.02 Å². The molecular formula is C13H10ClNS. The molecule has 1 N–H and O–H groups in total. The Hall–Kier alpha value is -1.12. The highest BCUT2D eigenvalue weighted by atomic mass is 35.5. The summed E-state index contributed by atoms with van der Waals surface area (Å²) in [6.07, 6.45) is 8.40. The van der Waals surface area contributed by atoms with E-state index in [1.54, 1.807) is 0 Å². The second-order valence-electron chi connectivity index (χ2n) is 3.72. The first-order chi connectivity index (χ1) is 7.83. The summed E-state index contributed by atoms with van der Waals surface area (Å²) >= 11 is 7.75. The summed E-state index contributed by atoms with van der Waals surface area (Å²) in [5, 5.41) is 4.31. The molecule has 0 saturated heterocycles. The highest BCUT2D eigenvalue weighted by Crippen LogP contribution is 2.47. The summed E-state index contributed by atoms with van der Waals surface area (Å²) in [6, 6.07) is 8.07. The van der Waals surface area contributed by atoms with Gasteiger partial charge in [-0.15, -0.1) is 11.8 Å². The summed E-state index contributed by atoms with van der Waals surface area (Å²) in [5.74, 6) is 0. The molecular weight excluding hydrogens is 238 g/mol. The number of allylic oxidation sites excluding steroid dienone is 2. The van der Waals surface area contributed by atoms with Crippen LogP contribution in [0.1, 0.15) is 10.8 Å². The molecule has 0 aromatic heterocycles. The van der Waals surface area contributed by atoms with E-state index < -0.39 is 0 Å². The minimum Gasteiger partial charge on any atom is -0.367 e. The molecule has 1 aromatic rings. The van der Waals surface area contributed by atoms with Gasteiger partial charge in [0.25, 0.3) is 0 Å². The third kappa shape index (κ3) is 1.79. The molecule has 2 heterocycles. The van der Waals surface area contributed by atoms with Crippen molar-refractivity contribution in [1.82, 2.24) is 5.32 Å². The fraction of sp³-hybridized carbons (Fsp3) is 0.0769. The third-order valence-corrected chi connectivity index (χ3v) is 4.16. The van der Waals surface area contributed by atoms with E-state index in [9.17, 15) is 0 Å². The van der Waals surface area contributed by atoms with Gasteiger partial charge in [-0.1, -0.05) is 29.8 Å². The molecule has 0 radical (unpaired) electrons. The van der Waals surface area contributed by atoms with E-state index in [-0.39, 0.29) is 0 Å². The smallest absolute Gasteiger partial charge is 0.0534 e. The first kappa shape index (κ1) is 10.1. The normalized spacial score (nSPS) is 22.2. The number of fused-ring (bicyclic) bond motifs is 1. The van der Waals surface area contributed by atoms with Crippen LogP contribution in [0.2, 0.25) is 5.02 Å². The molecule has 0 spiro atoms.